The molecule has 5 heteroatoms. The summed E-state index contributed by atoms with van der Waals surface area (Å²) < 4.78 is 0. The molecule has 0 aliphatic heterocycles. The minimum absolute atomic E-state index is 0.0684. The molecule has 0 saturated heterocycles. The number of carbonyl (C=O) groups excluding carboxylic acids is 1. The van der Waals surface area contributed by atoms with Crippen molar-refractivity contribution in [2.24, 2.45) is 0 Å². The summed E-state index contributed by atoms with van der Waals surface area (Å²) in [6.07, 6.45) is 0. The van der Waals surface area contributed by atoms with Crippen LogP contribution in [0, 0.1) is 13.8 Å². The highest BCUT2D eigenvalue weighted by Crippen LogP contribution is 2.26. The van der Waals surface area contributed by atoms with Crippen molar-refractivity contribution in [1.29, 1.82) is 0 Å². The van der Waals surface area contributed by atoms with Crippen LogP contribution in [0.5, 0.6) is 0 Å². The molecule has 0 radical (unpaired) electrons. The largest absolute Gasteiger partial charge is 0.377 e. The lowest BCUT2D eigenvalue weighted by atomic mass is 10.2. The Hall–Kier alpha value is -1.88. The fraction of sp³-hybridized carbons (Fsp3) is 0.333. The van der Waals surface area contributed by atoms with Gasteiger partial charge in [-0.25, -0.2) is 4.98 Å². The molecule has 1 unspecified atom stereocenters. The molecule has 2 rings (SSSR count). The fourth-order valence-electron chi connectivity index (χ4n) is 2.16. The number of thiazole rings is 1. The second kappa shape index (κ2) is 6.05. The summed E-state index contributed by atoms with van der Waals surface area (Å²) in [7, 11) is 0. The van der Waals surface area contributed by atoms with Gasteiger partial charge >= 0.3 is 0 Å². The Balaban J connectivity index is 2.13. The first-order chi connectivity index (χ1) is 9.45. The summed E-state index contributed by atoms with van der Waals surface area (Å²) in [4.78, 5) is 16.9. The van der Waals surface area contributed by atoms with Crippen LogP contribution in [0.3, 0.4) is 0 Å². The lowest BCUT2D eigenvalue weighted by Gasteiger charge is -2.15. The summed E-state index contributed by atoms with van der Waals surface area (Å²) in [5, 5.41) is 7.28. The average molecular weight is 289 g/mol. The van der Waals surface area contributed by atoms with Crippen LogP contribution >= 0.6 is 11.3 Å². The van der Waals surface area contributed by atoms with Crippen molar-refractivity contribution in [2.75, 3.05) is 10.6 Å². The zero-order valence-corrected chi connectivity index (χ0v) is 13.0. The number of aryl methyl sites for hydroxylation is 2. The minimum Gasteiger partial charge on any atom is -0.377 e. The van der Waals surface area contributed by atoms with Crippen molar-refractivity contribution in [2.45, 2.75) is 33.7 Å². The summed E-state index contributed by atoms with van der Waals surface area (Å²) >= 11 is 1.71. The first-order valence-electron chi connectivity index (χ1n) is 6.54. The number of amides is 1. The predicted octanol–water partition coefficient (Wildman–Crippen LogP) is 3.89. The molecule has 0 fully saturated rings. The van der Waals surface area contributed by atoms with Crippen molar-refractivity contribution in [3.05, 3.63) is 39.8 Å². The van der Waals surface area contributed by atoms with Crippen molar-refractivity contribution in [1.82, 2.24) is 4.98 Å². The van der Waals surface area contributed by atoms with Crippen LogP contribution in [0.4, 0.5) is 11.4 Å². The topological polar surface area (TPSA) is 54.0 Å². The van der Waals surface area contributed by atoms with E-state index in [1.165, 1.54) is 11.8 Å². The van der Waals surface area contributed by atoms with Gasteiger partial charge in [-0.15, -0.1) is 11.3 Å². The van der Waals surface area contributed by atoms with E-state index < -0.39 is 0 Å². The number of hydrogen-bond donors (Lipinski definition) is 2. The maximum atomic E-state index is 11.1. The van der Waals surface area contributed by atoms with Crippen LogP contribution in [0.15, 0.2) is 24.3 Å². The third-order valence-corrected chi connectivity index (χ3v) is 3.82. The number of nitrogens with one attached hydrogen (secondary N) is 2. The Morgan fingerprint density at radius 3 is 2.60 bits per heavy atom. The van der Waals surface area contributed by atoms with E-state index in [0.717, 1.165) is 22.1 Å². The molecule has 0 aliphatic carbocycles. The van der Waals surface area contributed by atoms with Gasteiger partial charge in [-0.3, -0.25) is 4.79 Å². The molecule has 1 aromatic carbocycles. The monoisotopic (exact) mass is 289 g/mol. The predicted molar refractivity (Wildman–Crippen MR) is 84.4 cm³/mol. The van der Waals surface area contributed by atoms with Gasteiger partial charge in [0.25, 0.3) is 0 Å². The van der Waals surface area contributed by atoms with E-state index >= 15 is 0 Å². The second-order valence-corrected chi connectivity index (χ2v) is 6.21. The van der Waals surface area contributed by atoms with Gasteiger partial charge in [0, 0.05) is 23.2 Å². The molecule has 0 aliphatic rings. The SMILES string of the molecule is CC(=O)Nc1cccc(NC(C)c2nc(C)sc2C)c1. The zero-order chi connectivity index (χ0) is 14.7. The van der Waals surface area contributed by atoms with Gasteiger partial charge < -0.3 is 10.6 Å². The highest BCUT2D eigenvalue weighted by Gasteiger charge is 2.13. The molecule has 106 valence electrons. The Labute approximate surface area is 123 Å². The minimum atomic E-state index is -0.0684. The molecule has 0 bridgehead atoms. The van der Waals surface area contributed by atoms with Gasteiger partial charge in [-0.05, 0) is 39.0 Å². The standard InChI is InChI=1S/C15H19N3OS/c1-9(15-10(2)20-12(4)18-15)16-13-6-5-7-14(8-13)17-11(3)19/h5-9,16H,1-4H3,(H,17,19). The Kier molecular flexibility index (Phi) is 4.39. The molecule has 20 heavy (non-hydrogen) atoms. The molecule has 1 aromatic heterocycles. The molecule has 2 N–H and O–H groups in total. The van der Waals surface area contributed by atoms with Gasteiger partial charge in [-0.1, -0.05) is 6.07 Å². The normalized spacial score (nSPS) is 12.0. The van der Waals surface area contributed by atoms with Crippen LogP contribution in [0.25, 0.3) is 0 Å². The van der Waals surface area contributed by atoms with E-state index in [4.69, 9.17) is 0 Å². The average Bonchev–Trinajstić information content (AvgIpc) is 2.68. The van der Waals surface area contributed by atoms with Gasteiger partial charge in [0.1, 0.15) is 0 Å². The third-order valence-electron chi connectivity index (χ3n) is 2.92. The van der Waals surface area contributed by atoms with Crippen LogP contribution in [0.1, 0.15) is 35.5 Å². The van der Waals surface area contributed by atoms with E-state index in [1.807, 2.05) is 31.2 Å². The molecule has 1 heterocycles. The number of nitrogens with zero attached hydrogens (tertiary/aromatic N) is 1. The van der Waals surface area contributed by atoms with E-state index in [-0.39, 0.29) is 11.9 Å². The summed E-state index contributed by atoms with van der Waals surface area (Å²) in [5.41, 5.74) is 2.84. The third kappa shape index (κ3) is 3.57. The summed E-state index contributed by atoms with van der Waals surface area (Å²) in [6, 6.07) is 7.82. The molecular weight excluding hydrogens is 270 g/mol. The van der Waals surface area contributed by atoms with E-state index in [2.05, 4.69) is 29.5 Å². The summed E-state index contributed by atoms with van der Waals surface area (Å²) in [5.74, 6) is -0.0684. The van der Waals surface area contributed by atoms with Gasteiger partial charge in [0.05, 0.1) is 16.7 Å². The quantitative estimate of drug-likeness (QED) is 0.897. The second-order valence-electron chi connectivity index (χ2n) is 4.80. The van der Waals surface area contributed by atoms with Crippen molar-refractivity contribution in [3.8, 4) is 0 Å². The van der Waals surface area contributed by atoms with Crippen LogP contribution in [-0.4, -0.2) is 10.9 Å². The lowest BCUT2D eigenvalue weighted by Crippen LogP contribution is -2.09. The number of hydrogen-bond acceptors (Lipinski definition) is 4. The highest BCUT2D eigenvalue weighted by atomic mass is 32.1. The van der Waals surface area contributed by atoms with Gasteiger partial charge in [0.15, 0.2) is 0 Å². The van der Waals surface area contributed by atoms with Gasteiger partial charge in [-0.2, -0.15) is 0 Å². The Morgan fingerprint density at radius 2 is 2.00 bits per heavy atom. The fourth-order valence-corrected chi connectivity index (χ4v) is 3.07. The Bertz CT molecular complexity index is 621. The van der Waals surface area contributed by atoms with Crippen molar-refractivity contribution in [3.63, 3.8) is 0 Å². The maximum Gasteiger partial charge on any atom is 0.221 e. The smallest absolute Gasteiger partial charge is 0.221 e. The van der Waals surface area contributed by atoms with Crippen LogP contribution in [0.2, 0.25) is 0 Å². The molecule has 0 spiro atoms. The Morgan fingerprint density at radius 1 is 1.30 bits per heavy atom. The molecule has 4 nitrogen and oxygen atoms in total. The van der Waals surface area contributed by atoms with Crippen molar-refractivity contribution < 1.29 is 4.79 Å². The van der Waals surface area contributed by atoms with Gasteiger partial charge in [0.2, 0.25) is 5.91 Å². The molecule has 0 saturated carbocycles. The molecule has 1 atom stereocenters. The van der Waals surface area contributed by atoms with E-state index in [1.54, 1.807) is 11.3 Å². The number of carbonyl (C=O) groups is 1. The number of rotatable bonds is 4. The number of anilines is 2. The number of benzene rings is 1. The highest BCUT2D eigenvalue weighted by molar-refractivity contribution is 7.11. The maximum absolute atomic E-state index is 11.1. The molecular formula is C15H19N3OS. The van der Waals surface area contributed by atoms with Crippen LogP contribution in [-0.2, 0) is 4.79 Å². The van der Waals surface area contributed by atoms with Crippen LogP contribution < -0.4 is 10.6 Å². The van der Waals surface area contributed by atoms with E-state index in [0.29, 0.717) is 0 Å². The first kappa shape index (κ1) is 14.5. The summed E-state index contributed by atoms with van der Waals surface area (Å²) in [6.45, 7) is 7.70. The van der Waals surface area contributed by atoms with E-state index in [9.17, 15) is 4.79 Å². The molecule has 1 amide bonds. The number of aromatic nitrogens is 1. The van der Waals surface area contributed by atoms with Crippen molar-refractivity contribution >= 4 is 28.6 Å². The zero-order valence-electron chi connectivity index (χ0n) is 12.2. The lowest BCUT2D eigenvalue weighted by molar-refractivity contribution is -0.114. The first-order valence-corrected chi connectivity index (χ1v) is 7.35. The molecule has 2 aromatic rings.